The lowest BCUT2D eigenvalue weighted by Crippen LogP contribution is -2.11. The van der Waals surface area contributed by atoms with Gasteiger partial charge in [0.1, 0.15) is 0 Å². The van der Waals surface area contributed by atoms with Crippen LogP contribution in [0.3, 0.4) is 0 Å². The number of carbonyl (C=O) groups excluding carboxylic acids is 2. The van der Waals surface area contributed by atoms with E-state index in [1.807, 2.05) is 12.2 Å². The summed E-state index contributed by atoms with van der Waals surface area (Å²) in [6.07, 6.45) is 14.3. The van der Waals surface area contributed by atoms with Crippen molar-refractivity contribution in [1.82, 2.24) is 0 Å². The monoisotopic (exact) mass is 326 g/mol. The van der Waals surface area contributed by atoms with E-state index in [0.29, 0.717) is 13.2 Å². The highest BCUT2D eigenvalue weighted by Crippen LogP contribution is 2.07. The summed E-state index contributed by atoms with van der Waals surface area (Å²) >= 11 is 0. The molecule has 0 radical (unpaired) electrons. The Hall–Kier alpha value is -1.32. The third-order valence-corrected chi connectivity index (χ3v) is 3.49. The molecule has 0 saturated heterocycles. The first-order valence-corrected chi connectivity index (χ1v) is 9.16. The first-order valence-electron chi connectivity index (χ1n) is 9.16. The van der Waals surface area contributed by atoms with Gasteiger partial charge in [-0.2, -0.15) is 0 Å². The van der Waals surface area contributed by atoms with E-state index in [0.717, 1.165) is 25.7 Å². The number of allylic oxidation sites excluding steroid dienone is 1. The summed E-state index contributed by atoms with van der Waals surface area (Å²) in [6, 6.07) is 0. The van der Waals surface area contributed by atoms with Crippen LogP contribution in [-0.2, 0) is 19.1 Å². The van der Waals surface area contributed by atoms with Gasteiger partial charge in [0, 0.05) is 0 Å². The zero-order valence-electron chi connectivity index (χ0n) is 15.0. The lowest BCUT2D eigenvalue weighted by atomic mass is 10.1. The summed E-state index contributed by atoms with van der Waals surface area (Å²) in [7, 11) is 0. The second kappa shape index (κ2) is 17.0. The van der Waals surface area contributed by atoms with Crippen molar-refractivity contribution >= 4 is 11.9 Å². The van der Waals surface area contributed by atoms with Gasteiger partial charge in [0.25, 0.3) is 0 Å². The first-order chi connectivity index (χ1) is 11.2. The van der Waals surface area contributed by atoms with Gasteiger partial charge in [-0.15, -0.1) is 0 Å². The first kappa shape index (κ1) is 21.7. The molecule has 0 aliphatic carbocycles. The van der Waals surface area contributed by atoms with Gasteiger partial charge in [-0.25, -0.2) is 0 Å². The predicted octanol–water partition coefficient (Wildman–Crippen LogP) is 4.96. The zero-order chi connectivity index (χ0) is 17.2. The zero-order valence-corrected chi connectivity index (χ0v) is 15.0. The van der Waals surface area contributed by atoms with Crippen molar-refractivity contribution in [2.75, 3.05) is 13.2 Å². The highest BCUT2D eigenvalue weighted by atomic mass is 16.5. The molecule has 0 rings (SSSR count). The van der Waals surface area contributed by atoms with Gasteiger partial charge >= 0.3 is 11.9 Å². The van der Waals surface area contributed by atoms with Crippen LogP contribution >= 0.6 is 0 Å². The Balaban J connectivity index is 3.38. The largest absolute Gasteiger partial charge is 0.466 e. The smallest absolute Gasteiger partial charge is 0.306 e. The van der Waals surface area contributed by atoms with E-state index < -0.39 is 0 Å². The van der Waals surface area contributed by atoms with E-state index in [1.165, 1.54) is 32.1 Å². The van der Waals surface area contributed by atoms with Crippen LogP contribution in [-0.4, -0.2) is 25.2 Å². The number of hydrogen-bond acceptors (Lipinski definition) is 4. The molecule has 0 aromatic carbocycles. The van der Waals surface area contributed by atoms with Gasteiger partial charge in [-0.05, 0) is 19.3 Å². The van der Waals surface area contributed by atoms with Crippen molar-refractivity contribution in [3.05, 3.63) is 12.2 Å². The summed E-state index contributed by atoms with van der Waals surface area (Å²) in [6.45, 7) is 5.10. The predicted molar refractivity (Wildman–Crippen MR) is 93.2 cm³/mol. The fraction of sp³-hybridized carbons (Fsp3) is 0.789. The fourth-order valence-corrected chi connectivity index (χ4v) is 2.12. The third kappa shape index (κ3) is 16.9. The second-order valence-electron chi connectivity index (χ2n) is 5.73. The van der Waals surface area contributed by atoms with Crippen LogP contribution in [0.15, 0.2) is 12.2 Å². The van der Waals surface area contributed by atoms with Gasteiger partial charge in [0.05, 0.1) is 26.1 Å². The van der Waals surface area contributed by atoms with Crippen LogP contribution < -0.4 is 0 Å². The van der Waals surface area contributed by atoms with E-state index in [4.69, 9.17) is 9.47 Å². The number of esters is 2. The van der Waals surface area contributed by atoms with E-state index in [1.54, 1.807) is 0 Å². The lowest BCUT2D eigenvalue weighted by molar-refractivity contribution is -0.150. The summed E-state index contributed by atoms with van der Waals surface area (Å²) < 4.78 is 10.2. The van der Waals surface area contributed by atoms with Gasteiger partial charge < -0.3 is 9.47 Å². The van der Waals surface area contributed by atoms with Crippen molar-refractivity contribution in [2.24, 2.45) is 0 Å². The van der Waals surface area contributed by atoms with Gasteiger partial charge in [0.15, 0.2) is 0 Å². The lowest BCUT2D eigenvalue weighted by Gasteiger charge is -2.05. The maximum Gasteiger partial charge on any atom is 0.306 e. The van der Waals surface area contributed by atoms with Crippen LogP contribution in [0.5, 0.6) is 0 Å². The highest BCUT2D eigenvalue weighted by Gasteiger charge is 2.08. The molecule has 0 amide bonds. The van der Waals surface area contributed by atoms with E-state index in [2.05, 4.69) is 13.8 Å². The normalized spacial score (nSPS) is 10.9. The molecule has 134 valence electrons. The van der Waals surface area contributed by atoms with E-state index in [9.17, 15) is 9.59 Å². The van der Waals surface area contributed by atoms with Gasteiger partial charge in [-0.1, -0.05) is 64.5 Å². The molecule has 0 aromatic heterocycles. The van der Waals surface area contributed by atoms with Crippen molar-refractivity contribution in [1.29, 1.82) is 0 Å². The quantitative estimate of drug-likeness (QED) is 0.242. The Morgan fingerprint density at radius 1 is 0.739 bits per heavy atom. The fourth-order valence-electron chi connectivity index (χ4n) is 2.12. The molecule has 0 aliphatic rings. The molecule has 0 fully saturated rings. The van der Waals surface area contributed by atoms with E-state index >= 15 is 0 Å². The minimum atomic E-state index is -0.331. The van der Waals surface area contributed by atoms with Gasteiger partial charge in [0.2, 0.25) is 0 Å². The Kier molecular flexibility index (Phi) is 16.1. The topological polar surface area (TPSA) is 52.6 Å². The minimum Gasteiger partial charge on any atom is -0.466 e. The van der Waals surface area contributed by atoms with Crippen LogP contribution in [0.1, 0.15) is 84.5 Å². The summed E-state index contributed by atoms with van der Waals surface area (Å²) in [5, 5.41) is 0. The summed E-state index contributed by atoms with van der Waals surface area (Å²) in [5.74, 6) is -0.637. The van der Waals surface area contributed by atoms with Crippen molar-refractivity contribution < 1.29 is 19.1 Å². The molecule has 0 N–H and O–H groups in total. The molecule has 0 aliphatic heterocycles. The number of rotatable bonds is 15. The Morgan fingerprint density at radius 3 is 1.91 bits per heavy atom. The molecular weight excluding hydrogens is 292 g/mol. The highest BCUT2D eigenvalue weighted by molar-refractivity contribution is 5.77. The Labute approximate surface area is 141 Å². The average Bonchev–Trinajstić information content (AvgIpc) is 2.55. The molecule has 0 bridgehead atoms. The van der Waals surface area contributed by atoms with Crippen LogP contribution in [0.4, 0.5) is 0 Å². The van der Waals surface area contributed by atoms with E-state index in [-0.39, 0.29) is 24.8 Å². The number of unbranched alkanes of at least 4 members (excludes halogenated alkanes) is 6. The number of carbonyl (C=O) groups is 2. The summed E-state index contributed by atoms with van der Waals surface area (Å²) in [4.78, 5) is 22.9. The molecule has 4 heteroatoms. The molecule has 0 atom stereocenters. The molecular formula is C19H34O4. The van der Waals surface area contributed by atoms with Crippen LogP contribution in [0.2, 0.25) is 0 Å². The molecule has 0 saturated carbocycles. The molecule has 4 nitrogen and oxygen atoms in total. The van der Waals surface area contributed by atoms with Gasteiger partial charge in [-0.3, -0.25) is 9.59 Å². The molecule has 0 spiro atoms. The standard InChI is InChI=1S/C19H34O4/c1-3-5-7-9-10-11-13-17-23-19(21)15-14-18(20)22-16-12-8-6-4-2/h6,8H,3-5,7,9-17H2,1-2H3/b8-6+. The molecule has 0 heterocycles. The summed E-state index contributed by atoms with van der Waals surface area (Å²) in [5.41, 5.74) is 0. The van der Waals surface area contributed by atoms with Crippen molar-refractivity contribution in [2.45, 2.75) is 84.5 Å². The Morgan fingerprint density at radius 2 is 1.30 bits per heavy atom. The third-order valence-electron chi connectivity index (χ3n) is 3.49. The molecule has 0 aromatic rings. The average molecular weight is 326 g/mol. The number of ether oxygens (including phenoxy) is 2. The Bertz CT molecular complexity index is 323. The van der Waals surface area contributed by atoms with Crippen LogP contribution in [0.25, 0.3) is 0 Å². The van der Waals surface area contributed by atoms with Crippen molar-refractivity contribution in [3.8, 4) is 0 Å². The molecule has 23 heavy (non-hydrogen) atoms. The van der Waals surface area contributed by atoms with Crippen LogP contribution in [0, 0.1) is 0 Å². The maximum absolute atomic E-state index is 11.5. The maximum atomic E-state index is 11.5. The SMILES string of the molecule is CC/C=C/CCOC(=O)CCC(=O)OCCCCCCCCC. The second-order valence-corrected chi connectivity index (χ2v) is 5.73. The van der Waals surface area contributed by atoms with Crippen molar-refractivity contribution in [3.63, 3.8) is 0 Å². The molecule has 0 unspecified atom stereocenters. The minimum absolute atomic E-state index is 0.105. The number of hydrogen-bond donors (Lipinski definition) is 0.